The molecule has 1 aromatic carbocycles. The van der Waals surface area contributed by atoms with E-state index >= 15 is 0 Å². The SMILES string of the molecule is Fc1ccc(Nc2ncc(Cl)cc2Br)c(F)c1. The molecule has 1 N–H and O–H groups in total. The summed E-state index contributed by atoms with van der Waals surface area (Å²) in [6.45, 7) is 0. The molecule has 0 amide bonds. The van der Waals surface area contributed by atoms with Gasteiger partial charge in [-0.25, -0.2) is 13.8 Å². The minimum Gasteiger partial charge on any atom is -0.337 e. The largest absolute Gasteiger partial charge is 0.337 e. The lowest BCUT2D eigenvalue weighted by molar-refractivity contribution is 0.586. The van der Waals surface area contributed by atoms with Crippen molar-refractivity contribution in [2.45, 2.75) is 0 Å². The lowest BCUT2D eigenvalue weighted by atomic mass is 10.3. The molecule has 0 aliphatic rings. The Balaban J connectivity index is 2.31. The Morgan fingerprint density at radius 2 is 2.00 bits per heavy atom. The summed E-state index contributed by atoms with van der Waals surface area (Å²) in [6.07, 6.45) is 1.43. The van der Waals surface area contributed by atoms with Gasteiger partial charge in [0.1, 0.15) is 17.5 Å². The Morgan fingerprint density at radius 1 is 1.24 bits per heavy atom. The smallest absolute Gasteiger partial charge is 0.149 e. The van der Waals surface area contributed by atoms with Gasteiger partial charge in [-0.05, 0) is 34.1 Å². The maximum absolute atomic E-state index is 13.4. The molecule has 1 heterocycles. The molecular weight excluding hydrogens is 313 g/mol. The second-order valence-electron chi connectivity index (χ2n) is 3.23. The summed E-state index contributed by atoms with van der Waals surface area (Å²) < 4.78 is 26.7. The normalized spacial score (nSPS) is 10.4. The first-order valence-corrected chi connectivity index (χ1v) is 5.76. The number of hydrogen-bond donors (Lipinski definition) is 1. The fraction of sp³-hybridized carbons (Fsp3) is 0. The van der Waals surface area contributed by atoms with E-state index in [9.17, 15) is 8.78 Å². The molecule has 1 aromatic heterocycles. The topological polar surface area (TPSA) is 24.9 Å². The van der Waals surface area contributed by atoms with Crippen LogP contribution in [-0.4, -0.2) is 4.98 Å². The van der Waals surface area contributed by atoms with Crippen LogP contribution in [-0.2, 0) is 0 Å². The molecule has 0 saturated heterocycles. The van der Waals surface area contributed by atoms with Crippen molar-refractivity contribution in [2.75, 3.05) is 5.32 Å². The molecule has 0 spiro atoms. The van der Waals surface area contributed by atoms with Crippen molar-refractivity contribution in [3.63, 3.8) is 0 Å². The number of nitrogens with zero attached hydrogens (tertiary/aromatic N) is 1. The molecule has 0 atom stereocenters. The molecular formula is C11H6BrClF2N2. The Kier molecular flexibility index (Phi) is 3.59. The quantitative estimate of drug-likeness (QED) is 0.880. The van der Waals surface area contributed by atoms with Crippen molar-refractivity contribution in [1.29, 1.82) is 0 Å². The van der Waals surface area contributed by atoms with E-state index in [2.05, 4.69) is 26.2 Å². The summed E-state index contributed by atoms with van der Waals surface area (Å²) >= 11 is 8.97. The van der Waals surface area contributed by atoms with Crippen molar-refractivity contribution < 1.29 is 8.78 Å². The summed E-state index contributed by atoms with van der Waals surface area (Å²) in [5, 5.41) is 3.20. The van der Waals surface area contributed by atoms with Crippen molar-refractivity contribution in [3.8, 4) is 0 Å². The molecule has 88 valence electrons. The van der Waals surface area contributed by atoms with Gasteiger partial charge in [0.25, 0.3) is 0 Å². The monoisotopic (exact) mass is 318 g/mol. The number of aromatic nitrogens is 1. The average Bonchev–Trinajstić information content (AvgIpc) is 2.25. The first kappa shape index (κ1) is 12.3. The molecule has 0 aliphatic heterocycles. The Bertz CT molecular complexity index is 514. The van der Waals surface area contributed by atoms with Gasteiger partial charge in [0.2, 0.25) is 0 Å². The standard InChI is InChI=1S/C11H6BrClF2N2/c12-8-3-6(13)5-16-11(8)17-10-2-1-7(14)4-9(10)15/h1-5H,(H,16,17). The molecule has 17 heavy (non-hydrogen) atoms. The van der Waals surface area contributed by atoms with Crippen molar-refractivity contribution in [1.82, 2.24) is 4.98 Å². The van der Waals surface area contributed by atoms with Crippen molar-refractivity contribution in [3.05, 3.63) is 51.6 Å². The number of hydrogen-bond acceptors (Lipinski definition) is 2. The average molecular weight is 320 g/mol. The predicted octanol–water partition coefficient (Wildman–Crippen LogP) is 4.52. The van der Waals surface area contributed by atoms with E-state index in [0.29, 0.717) is 15.3 Å². The first-order chi connectivity index (χ1) is 8.06. The van der Waals surface area contributed by atoms with Crippen LogP contribution in [0.25, 0.3) is 0 Å². The summed E-state index contributed by atoms with van der Waals surface area (Å²) in [5.74, 6) is -0.912. The van der Waals surface area contributed by atoms with E-state index in [4.69, 9.17) is 11.6 Å². The van der Waals surface area contributed by atoms with E-state index in [1.807, 2.05) is 0 Å². The van der Waals surface area contributed by atoms with Crippen LogP contribution >= 0.6 is 27.5 Å². The summed E-state index contributed by atoms with van der Waals surface area (Å²) in [5.41, 5.74) is 0.141. The number of nitrogens with one attached hydrogen (secondary N) is 1. The predicted molar refractivity (Wildman–Crippen MR) is 66.6 cm³/mol. The molecule has 2 nitrogen and oxygen atoms in total. The highest BCUT2D eigenvalue weighted by Gasteiger charge is 2.07. The third kappa shape index (κ3) is 2.92. The zero-order valence-electron chi connectivity index (χ0n) is 8.35. The fourth-order valence-corrected chi connectivity index (χ4v) is 1.96. The minimum absolute atomic E-state index is 0.141. The Morgan fingerprint density at radius 3 is 2.65 bits per heavy atom. The Labute approximate surface area is 110 Å². The fourth-order valence-electron chi connectivity index (χ4n) is 1.22. The maximum atomic E-state index is 13.4. The van der Waals surface area contributed by atoms with Crippen LogP contribution in [0.3, 0.4) is 0 Å². The lowest BCUT2D eigenvalue weighted by Gasteiger charge is -2.08. The second kappa shape index (κ2) is 4.98. The van der Waals surface area contributed by atoms with Crippen LogP contribution in [0.1, 0.15) is 0 Å². The van der Waals surface area contributed by atoms with Gasteiger partial charge in [-0.15, -0.1) is 0 Å². The van der Waals surface area contributed by atoms with E-state index < -0.39 is 11.6 Å². The van der Waals surface area contributed by atoms with E-state index in [-0.39, 0.29) is 5.69 Å². The zero-order valence-corrected chi connectivity index (χ0v) is 10.7. The first-order valence-electron chi connectivity index (χ1n) is 4.59. The van der Waals surface area contributed by atoms with Crippen LogP contribution in [0.15, 0.2) is 34.9 Å². The Hall–Kier alpha value is -1.20. The third-order valence-electron chi connectivity index (χ3n) is 1.99. The highest BCUT2D eigenvalue weighted by molar-refractivity contribution is 9.10. The second-order valence-corrected chi connectivity index (χ2v) is 4.52. The minimum atomic E-state index is -0.686. The third-order valence-corrected chi connectivity index (χ3v) is 2.80. The molecule has 0 aliphatic carbocycles. The highest BCUT2D eigenvalue weighted by atomic mass is 79.9. The van der Waals surface area contributed by atoms with Gasteiger partial charge in [-0.2, -0.15) is 0 Å². The van der Waals surface area contributed by atoms with Gasteiger partial charge >= 0.3 is 0 Å². The van der Waals surface area contributed by atoms with Gasteiger partial charge < -0.3 is 5.32 Å². The van der Waals surface area contributed by atoms with Crippen molar-refractivity contribution in [2.24, 2.45) is 0 Å². The van der Waals surface area contributed by atoms with Crippen LogP contribution in [0.4, 0.5) is 20.3 Å². The number of halogens is 4. The van der Waals surface area contributed by atoms with E-state index in [0.717, 1.165) is 12.1 Å². The lowest BCUT2D eigenvalue weighted by Crippen LogP contribution is -1.97. The number of rotatable bonds is 2. The molecule has 0 radical (unpaired) electrons. The molecule has 0 bridgehead atoms. The van der Waals surface area contributed by atoms with E-state index in [1.54, 1.807) is 6.07 Å². The van der Waals surface area contributed by atoms with Crippen molar-refractivity contribution >= 4 is 39.0 Å². The van der Waals surface area contributed by atoms with Gasteiger partial charge in [0, 0.05) is 12.3 Å². The summed E-state index contributed by atoms with van der Waals surface area (Å²) in [7, 11) is 0. The van der Waals surface area contributed by atoms with Gasteiger partial charge in [-0.3, -0.25) is 0 Å². The van der Waals surface area contributed by atoms with Crippen LogP contribution in [0.2, 0.25) is 5.02 Å². The van der Waals surface area contributed by atoms with E-state index in [1.165, 1.54) is 12.3 Å². The molecule has 6 heteroatoms. The van der Waals surface area contributed by atoms with Gasteiger partial charge in [-0.1, -0.05) is 11.6 Å². The number of pyridine rings is 1. The van der Waals surface area contributed by atoms with Gasteiger partial charge in [0.15, 0.2) is 0 Å². The van der Waals surface area contributed by atoms with Crippen LogP contribution < -0.4 is 5.32 Å². The summed E-state index contributed by atoms with van der Waals surface area (Å²) in [4.78, 5) is 3.99. The zero-order chi connectivity index (χ0) is 12.4. The molecule has 0 saturated carbocycles. The molecule has 0 fully saturated rings. The van der Waals surface area contributed by atoms with Gasteiger partial charge in [0.05, 0.1) is 15.2 Å². The van der Waals surface area contributed by atoms with Crippen LogP contribution in [0, 0.1) is 11.6 Å². The highest BCUT2D eigenvalue weighted by Crippen LogP contribution is 2.27. The van der Waals surface area contributed by atoms with Crippen LogP contribution in [0.5, 0.6) is 0 Å². The maximum Gasteiger partial charge on any atom is 0.149 e. The molecule has 2 aromatic rings. The number of anilines is 2. The number of benzene rings is 1. The summed E-state index contributed by atoms with van der Waals surface area (Å²) in [6, 6.07) is 4.88. The molecule has 0 unspecified atom stereocenters. The molecule has 2 rings (SSSR count).